The lowest BCUT2D eigenvalue weighted by atomic mass is 9.99. The van der Waals surface area contributed by atoms with Crippen LogP contribution >= 0.6 is 0 Å². The van der Waals surface area contributed by atoms with Gasteiger partial charge in [-0.25, -0.2) is 0 Å². The fraction of sp³-hybridized carbons (Fsp3) is 0.933. The minimum absolute atomic E-state index is 0.0644. The molecule has 0 aliphatic rings. The lowest BCUT2D eigenvalue weighted by molar-refractivity contribution is -0.167. The van der Waals surface area contributed by atoms with Crippen LogP contribution in [0.1, 0.15) is 246 Å². The first-order valence-corrected chi connectivity index (χ1v) is 22.4. The molecule has 0 fully saturated rings. The third-order valence-corrected chi connectivity index (χ3v) is 10.4. The topological polar surface area (TPSA) is 78.9 Å². The number of rotatable bonds is 40. The summed E-state index contributed by atoms with van der Waals surface area (Å²) in [6, 6.07) is 0. The van der Waals surface area contributed by atoms with E-state index in [1.807, 2.05) is 0 Å². The Morgan fingerprint density at radius 3 is 1.02 bits per heavy atom. The van der Waals surface area contributed by atoms with E-state index >= 15 is 0 Å². The number of unbranched alkanes of at least 4 members (excludes halogenated alkanes) is 26. The zero-order valence-electron chi connectivity index (χ0n) is 34.6. The van der Waals surface area contributed by atoms with Gasteiger partial charge >= 0.3 is 17.9 Å². The van der Waals surface area contributed by atoms with Gasteiger partial charge in [0.2, 0.25) is 0 Å². The van der Waals surface area contributed by atoms with Crippen molar-refractivity contribution in [2.24, 2.45) is 5.92 Å². The first kappa shape index (κ1) is 49.4. The summed E-state index contributed by atoms with van der Waals surface area (Å²) in [7, 11) is 0. The Morgan fingerprint density at radius 2 is 0.686 bits per heavy atom. The van der Waals surface area contributed by atoms with E-state index in [4.69, 9.17) is 14.2 Å². The molecule has 2 atom stereocenters. The van der Waals surface area contributed by atoms with Crippen molar-refractivity contribution in [2.45, 2.75) is 252 Å². The SMILES string of the molecule is CCCCCCCCCCCCCCC(=O)O[C@@H](COC(=O)CCCCCCCCCCC)COC(=O)CCCCCCCCCCC(C)CC. The molecule has 1 unspecified atom stereocenters. The quantitative estimate of drug-likeness (QED) is 0.0356. The maximum Gasteiger partial charge on any atom is 0.306 e. The molecule has 302 valence electrons. The predicted molar refractivity (Wildman–Crippen MR) is 215 cm³/mol. The van der Waals surface area contributed by atoms with Crippen LogP contribution in [0, 0.1) is 5.92 Å². The lowest BCUT2D eigenvalue weighted by Crippen LogP contribution is -2.30. The molecule has 0 radical (unpaired) electrons. The number of hydrogen-bond acceptors (Lipinski definition) is 6. The largest absolute Gasteiger partial charge is 0.462 e. The average molecular weight is 723 g/mol. The second kappa shape index (κ2) is 39.6. The van der Waals surface area contributed by atoms with Gasteiger partial charge in [-0.2, -0.15) is 0 Å². The van der Waals surface area contributed by atoms with Crippen molar-refractivity contribution in [3.63, 3.8) is 0 Å². The Labute approximate surface area is 317 Å². The Bertz CT molecular complexity index is 768. The molecule has 0 aliphatic heterocycles. The van der Waals surface area contributed by atoms with Crippen molar-refractivity contribution in [2.75, 3.05) is 13.2 Å². The smallest absolute Gasteiger partial charge is 0.306 e. The molecule has 0 aromatic rings. The summed E-state index contributed by atoms with van der Waals surface area (Å²) < 4.78 is 16.7. The number of esters is 3. The molecule has 0 rings (SSSR count). The first-order chi connectivity index (χ1) is 24.9. The van der Waals surface area contributed by atoms with Gasteiger partial charge in [0.15, 0.2) is 6.10 Å². The van der Waals surface area contributed by atoms with Crippen LogP contribution in [0.15, 0.2) is 0 Å². The molecule has 0 heterocycles. The molecule has 0 aromatic carbocycles. The Hall–Kier alpha value is -1.59. The Balaban J connectivity index is 4.33. The molecule has 0 saturated heterocycles. The molecule has 6 heteroatoms. The summed E-state index contributed by atoms with van der Waals surface area (Å²) in [5.41, 5.74) is 0. The standard InChI is InChI=1S/C45H86O6/c1-5-8-10-12-14-16-17-18-20-26-30-34-38-45(48)51-42(39-49-43(46)36-32-28-24-19-15-13-11-9-6-2)40-50-44(47)37-33-29-25-22-21-23-27-31-35-41(4)7-3/h41-42H,5-40H2,1-4H3/t41?,42-/m0/s1. The monoisotopic (exact) mass is 723 g/mol. The van der Waals surface area contributed by atoms with Crippen molar-refractivity contribution in [1.29, 1.82) is 0 Å². The van der Waals surface area contributed by atoms with Crippen molar-refractivity contribution in [3.05, 3.63) is 0 Å². The first-order valence-electron chi connectivity index (χ1n) is 22.4. The van der Waals surface area contributed by atoms with Gasteiger partial charge in [-0.05, 0) is 25.2 Å². The second-order valence-electron chi connectivity index (χ2n) is 15.6. The van der Waals surface area contributed by atoms with Crippen molar-refractivity contribution < 1.29 is 28.6 Å². The van der Waals surface area contributed by atoms with E-state index < -0.39 is 6.10 Å². The molecular weight excluding hydrogens is 636 g/mol. The van der Waals surface area contributed by atoms with Crippen LogP contribution in [0.3, 0.4) is 0 Å². The molecular formula is C45H86O6. The van der Waals surface area contributed by atoms with Crippen molar-refractivity contribution >= 4 is 17.9 Å². The molecule has 0 saturated carbocycles. The molecule has 0 amide bonds. The maximum absolute atomic E-state index is 12.7. The molecule has 0 bridgehead atoms. The van der Waals surface area contributed by atoms with Crippen molar-refractivity contribution in [3.8, 4) is 0 Å². The van der Waals surface area contributed by atoms with E-state index in [0.29, 0.717) is 19.3 Å². The summed E-state index contributed by atoms with van der Waals surface area (Å²) in [5.74, 6) is -0.0107. The van der Waals surface area contributed by atoms with Crippen LogP contribution in [0.25, 0.3) is 0 Å². The van der Waals surface area contributed by atoms with E-state index in [-0.39, 0.29) is 31.1 Å². The highest BCUT2D eigenvalue weighted by molar-refractivity contribution is 5.71. The third-order valence-electron chi connectivity index (χ3n) is 10.4. The van der Waals surface area contributed by atoms with E-state index in [0.717, 1.165) is 63.7 Å². The van der Waals surface area contributed by atoms with E-state index in [2.05, 4.69) is 27.7 Å². The maximum atomic E-state index is 12.7. The highest BCUT2D eigenvalue weighted by atomic mass is 16.6. The molecule has 51 heavy (non-hydrogen) atoms. The highest BCUT2D eigenvalue weighted by Gasteiger charge is 2.19. The Kier molecular flexibility index (Phi) is 38.4. The van der Waals surface area contributed by atoms with Gasteiger partial charge in [0.1, 0.15) is 13.2 Å². The van der Waals surface area contributed by atoms with Crippen LogP contribution in [-0.4, -0.2) is 37.2 Å². The molecule has 0 spiro atoms. The highest BCUT2D eigenvalue weighted by Crippen LogP contribution is 2.16. The van der Waals surface area contributed by atoms with E-state index in [9.17, 15) is 14.4 Å². The summed E-state index contributed by atoms with van der Waals surface area (Å²) in [6.45, 7) is 8.97. The average Bonchev–Trinajstić information content (AvgIpc) is 3.13. The number of carbonyl (C=O) groups excluding carboxylic acids is 3. The molecule has 0 aromatic heterocycles. The molecule has 0 N–H and O–H groups in total. The van der Waals surface area contributed by atoms with E-state index in [1.165, 1.54) is 141 Å². The van der Waals surface area contributed by atoms with Gasteiger partial charge in [0.05, 0.1) is 0 Å². The summed E-state index contributed by atoms with van der Waals surface area (Å²) in [6.07, 6.45) is 37.9. The van der Waals surface area contributed by atoms with Gasteiger partial charge in [-0.15, -0.1) is 0 Å². The van der Waals surface area contributed by atoms with Crippen LogP contribution < -0.4 is 0 Å². The molecule has 0 aliphatic carbocycles. The summed E-state index contributed by atoms with van der Waals surface area (Å²) in [5, 5.41) is 0. The van der Waals surface area contributed by atoms with Gasteiger partial charge in [0.25, 0.3) is 0 Å². The zero-order valence-corrected chi connectivity index (χ0v) is 34.6. The second-order valence-corrected chi connectivity index (χ2v) is 15.6. The number of ether oxygens (including phenoxy) is 3. The summed E-state index contributed by atoms with van der Waals surface area (Å²) >= 11 is 0. The van der Waals surface area contributed by atoms with Crippen molar-refractivity contribution in [1.82, 2.24) is 0 Å². The van der Waals surface area contributed by atoms with Crippen LogP contribution in [0.2, 0.25) is 0 Å². The number of carbonyl (C=O) groups is 3. The minimum Gasteiger partial charge on any atom is -0.462 e. The van der Waals surface area contributed by atoms with Gasteiger partial charge in [-0.1, -0.05) is 207 Å². The minimum atomic E-state index is -0.758. The fourth-order valence-electron chi connectivity index (χ4n) is 6.59. The van der Waals surface area contributed by atoms with E-state index in [1.54, 1.807) is 0 Å². The predicted octanol–water partition coefficient (Wildman–Crippen LogP) is 13.9. The van der Waals surface area contributed by atoms with Gasteiger partial charge < -0.3 is 14.2 Å². The fourth-order valence-corrected chi connectivity index (χ4v) is 6.59. The van der Waals surface area contributed by atoms with Crippen LogP contribution in [0.5, 0.6) is 0 Å². The number of hydrogen-bond donors (Lipinski definition) is 0. The third kappa shape index (κ3) is 38.0. The lowest BCUT2D eigenvalue weighted by Gasteiger charge is -2.18. The Morgan fingerprint density at radius 1 is 0.392 bits per heavy atom. The zero-order chi connectivity index (χ0) is 37.5. The normalized spacial score (nSPS) is 12.5. The van der Waals surface area contributed by atoms with Gasteiger partial charge in [0, 0.05) is 19.3 Å². The molecule has 6 nitrogen and oxygen atoms in total. The van der Waals surface area contributed by atoms with Crippen LogP contribution in [-0.2, 0) is 28.6 Å². The summed E-state index contributed by atoms with van der Waals surface area (Å²) in [4.78, 5) is 37.6. The van der Waals surface area contributed by atoms with Gasteiger partial charge in [-0.3, -0.25) is 14.4 Å². The van der Waals surface area contributed by atoms with Crippen LogP contribution in [0.4, 0.5) is 0 Å².